The number of nitrogens with zero attached hydrogens (tertiary/aromatic N) is 1. The Kier molecular flexibility index (Phi) is 6.98. The second-order valence-corrected chi connectivity index (χ2v) is 6.60. The van der Waals surface area contributed by atoms with E-state index >= 15 is 0 Å². The van der Waals surface area contributed by atoms with Gasteiger partial charge >= 0.3 is 6.03 Å². The number of urea groups is 1. The van der Waals surface area contributed by atoms with Gasteiger partial charge in [0.05, 0.1) is 17.5 Å². The van der Waals surface area contributed by atoms with Crippen molar-refractivity contribution in [3.8, 4) is 0 Å². The van der Waals surface area contributed by atoms with Crippen molar-refractivity contribution in [1.82, 2.24) is 10.2 Å². The van der Waals surface area contributed by atoms with E-state index in [9.17, 15) is 14.0 Å². The number of hydrogen-bond donors (Lipinski definition) is 4. The summed E-state index contributed by atoms with van der Waals surface area (Å²) in [7, 11) is 0. The molecule has 7 N–H and O–H groups in total. The Balaban J connectivity index is 1.96. The summed E-state index contributed by atoms with van der Waals surface area (Å²) in [4.78, 5) is 26.2. The van der Waals surface area contributed by atoms with E-state index in [1.54, 1.807) is 4.90 Å². The number of benzene rings is 1. The minimum absolute atomic E-state index is 0.00573. The molecule has 0 aliphatic carbocycles. The minimum Gasteiger partial charge on any atom is -0.354 e. The summed E-state index contributed by atoms with van der Waals surface area (Å²) >= 11 is 5.64. The van der Waals surface area contributed by atoms with Gasteiger partial charge in [0, 0.05) is 25.2 Å². The largest absolute Gasteiger partial charge is 0.354 e. The molecule has 0 aromatic heterocycles. The van der Waals surface area contributed by atoms with E-state index in [1.165, 1.54) is 18.2 Å². The standard InChI is InChI=1S/C16H23ClFN5O2/c17-13-3-2-12(7-14(13)18)22-15(24)10-6-11(20)9-23(8-10)16(25)21-5-1-4-19/h2-3,7,10-11H,1,4-6,8-9,19-20H2,(H,21,25)(H,22,24)/p+1/t10?,11-/m1/s1. The van der Waals surface area contributed by atoms with Gasteiger partial charge in [-0.15, -0.1) is 0 Å². The van der Waals surface area contributed by atoms with E-state index in [-0.39, 0.29) is 23.0 Å². The van der Waals surface area contributed by atoms with Crippen molar-refractivity contribution >= 4 is 29.2 Å². The van der Waals surface area contributed by atoms with Gasteiger partial charge in [0.15, 0.2) is 0 Å². The number of carbonyl (C=O) groups excluding carboxylic acids is 2. The smallest absolute Gasteiger partial charge is 0.317 e. The van der Waals surface area contributed by atoms with Crippen molar-refractivity contribution in [3.63, 3.8) is 0 Å². The van der Waals surface area contributed by atoms with Gasteiger partial charge < -0.3 is 27.0 Å². The molecular formula is C16H24ClFN5O2+. The van der Waals surface area contributed by atoms with Crippen molar-refractivity contribution in [3.05, 3.63) is 29.0 Å². The van der Waals surface area contributed by atoms with E-state index in [0.29, 0.717) is 44.7 Å². The molecule has 0 saturated carbocycles. The molecular weight excluding hydrogens is 349 g/mol. The summed E-state index contributed by atoms with van der Waals surface area (Å²) in [6.45, 7) is 1.78. The maximum Gasteiger partial charge on any atom is 0.317 e. The Morgan fingerprint density at radius 3 is 2.84 bits per heavy atom. The van der Waals surface area contributed by atoms with Crippen molar-refractivity contribution < 1.29 is 19.7 Å². The maximum atomic E-state index is 13.5. The summed E-state index contributed by atoms with van der Waals surface area (Å²) in [6, 6.07) is 3.81. The number of nitrogens with one attached hydrogen (secondary N) is 2. The first-order valence-corrected chi connectivity index (χ1v) is 8.60. The molecule has 1 aliphatic rings. The molecule has 25 heavy (non-hydrogen) atoms. The molecule has 0 bridgehead atoms. The first kappa shape index (κ1) is 19.4. The molecule has 138 valence electrons. The molecule has 7 nitrogen and oxygen atoms in total. The molecule has 2 rings (SSSR count). The SMILES string of the molecule is NCCCNC(=O)N1CC(C(=O)Nc2ccc(Cl)c(F)c2)C[C@@H]([NH3+])C1. The third-order valence-electron chi connectivity index (χ3n) is 4.04. The molecule has 0 radical (unpaired) electrons. The van der Waals surface area contributed by atoms with Gasteiger partial charge in [0.1, 0.15) is 11.9 Å². The van der Waals surface area contributed by atoms with E-state index in [4.69, 9.17) is 17.3 Å². The number of hydrogen-bond acceptors (Lipinski definition) is 3. The normalized spacial score (nSPS) is 20.2. The number of likely N-dealkylation sites (tertiary alicyclic amines) is 1. The van der Waals surface area contributed by atoms with Gasteiger partial charge in [0.2, 0.25) is 5.91 Å². The second kappa shape index (κ2) is 8.98. The molecule has 0 spiro atoms. The fraction of sp³-hybridized carbons (Fsp3) is 0.500. The summed E-state index contributed by atoms with van der Waals surface area (Å²) < 4.78 is 13.5. The van der Waals surface area contributed by atoms with Gasteiger partial charge in [-0.2, -0.15) is 0 Å². The lowest BCUT2D eigenvalue weighted by Gasteiger charge is -2.34. The van der Waals surface area contributed by atoms with Gasteiger partial charge in [-0.3, -0.25) is 4.79 Å². The number of rotatable bonds is 5. The Bertz CT molecular complexity index is 631. The minimum atomic E-state index is -0.598. The molecule has 9 heteroatoms. The van der Waals surface area contributed by atoms with E-state index < -0.39 is 11.7 Å². The summed E-state index contributed by atoms with van der Waals surface area (Å²) in [6.07, 6.45) is 1.26. The topological polar surface area (TPSA) is 115 Å². The van der Waals surface area contributed by atoms with Crippen LogP contribution < -0.4 is 22.1 Å². The lowest BCUT2D eigenvalue weighted by atomic mass is 9.94. The zero-order valence-electron chi connectivity index (χ0n) is 13.9. The van der Waals surface area contributed by atoms with Crippen LogP contribution in [-0.4, -0.2) is 49.1 Å². The third kappa shape index (κ3) is 5.55. The van der Waals surface area contributed by atoms with Crippen LogP contribution in [-0.2, 0) is 4.79 Å². The quantitative estimate of drug-likeness (QED) is 0.561. The van der Waals surface area contributed by atoms with E-state index in [1.807, 2.05) is 0 Å². The molecule has 1 unspecified atom stereocenters. The summed E-state index contributed by atoms with van der Waals surface area (Å²) in [5.74, 6) is -1.27. The van der Waals surface area contributed by atoms with E-state index in [0.717, 1.165) is 0 Å². The Labute approximate surface area is 150 Å². The predicted molar refractivity (Wildman–Crippen MR) is 93.5 cm³/mol. The second-order valence-electron chi connectivity index (χ2n) is 6.20. The monoisotopic (exact) mass is 372 g/mol. The zero-order valence-corrected chi connectivity index (χ0v) is 14.7. The van der Waals surface area contributed by atoms with Crippen LogP contribution >= 0.6 is 11.6 Å². The first-order chi connectivity index (χ1) is 11.9. The molecule has 2 atom stereocenters. The zero-order chi connectivity index (χ0) is 18.4. The van der Waals surface area contributed by atoms with Crippen LogP contribution in [0.5, 0.6) is 0 Å². The van der Waals surface area contributed by atoms with Crippen LogP contribution in [0.25, 0.3) is 0 Å². The fourth-order valence-corrected chi connectivity index (χ4v) is 2.90. The van der Waals surface area contributed by atoms with Crippen LogP contribution in [0.3, 0.4) is 0 Å². The Hall–Kier alpha value is -1.90. The highest BCUT2D eigenvalue weighted by Crippen LogP contribution is 2.21. The number of quaternary nitrogens is 1. The number of halogens is 2. The molecule has 1 aromatic rings. The fourth-order valence-electron chi connectivity index (χ4n) is 2.79. The Morgan fingerprint density at radius 2 is 2.16 bits per heavy atom. The lowest BCUT2D eigenvalue weighted by molar-refractivity contribution is -0.427. The molecule has 1 aromatic carbocycles. The molecule has 1 saturated heterocycles. The van der Waals surface area contributed by atoms with Gasteiger partial charge in [-0.25, -0.2) is 9.18 Å². The number of nitrogens with two attached hydrogens (primary N) is 1. The highest BCUT2D eigenvalue weighted by atomic mass is 35.5. The van der Waals surface area contributed by atoms with Crippen LogP contribution in [0.1, 0.15) is 12.8 Å². The Morgan fingerprint density at radius 1 is 1.40 bits per heavy atom. The van der Waals surface area contributed by atoms with Crippen LogP contribution in [0.15, 0.2) is 18.2 Å². The van der Waals surface area contributed by atoms with E-state index in [2.05, 4.69) is 16.4 Å². The molecule has 1 aliphatic heterocycles. The van der Waals surface area contributed by atoms with Gasteiger partial charge in [0.25, 0.3) is 0 Å². The van der Waals surface area contributed by atoms with Crippen LogP contribution in [0, 0.1) is 11.7 Å². The van der Waals surface area contributed by atoms with Crippen molar-refractivity contribution in [2.75, 3.05) is 31.5 Å². The van der Waals surface area contributed by atoms with Crippen LogP contribution in [0.4, 0.5) is 14.9 Å². The van der Waals surface area contributed by atoms with Crippen LogP contribution in [0.2, 0.25) is 5.02 Å². The number of piperidine rings is 1. The average molecular weight is 373 g/mol. The highest BCUT2D eigenvalue weighted by Gasteiger charge is 2.34. The maximum absolute atomic E-state index is 13.5. The molecule has 1 heterocycles. The predicted octanol–water partition coefficient (Wildman–Crippen LogP) is 0.408. The molecule has 3 amide bonds. The van der Waals surface area contributed by atoms with Gasteiger partial charge in [-0.1, -0.05) is 11.6 Å². The number of anilines is 1. The number of carbonyl (C=O) groups is 2. The van der Waals surface area contributed by atoms with Gasteiger partial charge in [-0.05, 0) is 31.2 Å². The summed E-state index contributed by atoms with van der Waals surface area (Å²) in [5, 5.41) is 5.45. The lowest BCUT2D eigenvalue weighted by Crippen LogP contribution is -2.70. The van der Waals surface area contributed by atoms with Crippen molar-refractivity contribution in [1.29, 1.82) is 0 Å². The average Bonchev–Trinajstić information content (AvgIpc) is 2.57. The van der Waals surface area contributed by atoms with Crippen molar-refractivity contribution in [2.24, 2.45) is 11.7 Å². The molecule has 1 fully saturated rings. The van der Waals surface area contributed by atoms with Crippen molar-refractivity contribution in [2.45, 2.75) is 18.9 Å². The first-order valence-electron chi connectivity index (χ1n) is 8.22. The summed E-state index contributed by atoms with van der Waals surface area (Å²) in [5.41, 5.74) is 9.73. The highest BCUT2D eigenvalue weighted by molar-refractivity contribution is 6.30. The third-order valence-corrected chi connectivity index (χ3v) is 4.35. The number of amides is 3.